The van der Waals surface area contributed by atoms with Crippen molar-refractivity contribution in [1.82, 2.24) is 4.90 Å². The van der Waals surface area contributed by atoms with Crippen molar-refractivity contribution < 1.29 is 4.74 Å². The van der Waals surface area contributed by atoms with Gasteiger partial charge in [-0.3, -0.25) is 4.90 Å². The van der Waals surface area contributed by atoms with Crippen LogP contribution >= 0.6 is 0 Å². The van der Waals surface area contributed by atoms with Gasteiger partial charge in [-0.05, 0) is 53.1 Å². The van der Waals surface area contributed by atoms with Crippen molar-refractivity contribution in [2.45, 2.75) is 70.9 Å². The van der Waals surface area contributed by atoms with Crippen LogP contribution in [0, 0.1) is 0 Å². The number of hydrogen-bond donors (Lipinski definition) is 1. The summed E-state index contributed by atoms with van der Waals surface area (Å²) < 4.78 is 5.86. The average Bonchev–Trinajstić information content (AvgIpc) is 2.33. The van der Waals surface area contributed by atoms with Gasteiger partial charge in [-0.2, -0.15) is 0 Å². The second-order valence-corrected chi connectivity index (χ2v) is 6.43. The molecule has 1 fully saturated rings. The number of rotatable bonds is 7. The van der Waals surface area contributed by atoms with E-state index in [2.05, 4.69) is 25.7 Å². The van der Waals surface area contributed by atoms with E-state index < -0.39 is 0 Å². The van der Waals surface area contributed by atoms with Crippen LogP contribution in [0.15, 0.2) is 0 Å². The molecule has 2 N–H and O–H groups in total. The summed E-state index contributed by atoms with van der Waals surface area (Å²) in [5.74, 6) is 0. The van der Waals surface area contributed by atoms with Crippen LogP contribution in [0.2, 0.25) is 0 Å². The number of nitrogens with two attached hydrogens (primary N) is 1. The molecule has 0 spiro atoms. The van der Waals surface area contributed by atoms with Crippen LogP contribution in [-0.4, -0.2) is 42.8 Å². The Bertz CT molecular complexity index is 207. The lowest BCUT2D eigenvalue weighted by atomic mass is 9.94. The molecular weight excluding hydrogens is 224 g/mol. The normalized spacial score (nSPS) is 18.5. The van der Waals surface area contributed by atoms with Crippen molar-refractivity contribution >= 4 is 0 Å². The van der Waals surface area contributed by atoms with Crippen molar-refractivity contribution in [3.63, 3.8) is 0 Å². The second kappa shape index (κ2) is 8.13. The van der Waals surface area contributed by atoms with Crippen molar-refractivity contribution in [2.24, 2.45) is 5.73 Å². The molecular formula is C15H32N2O. The minimum absolute atomic E-state index is 0.0217. The van der Waals surface area contributed by atoms with Gasteiger partial charge >= 0.3 is 0 Å². The zero-order valence-electron chi connectivity index (χ0n) is 12.6. The molecule has 1 aliphatic rings. The Labute approximate surface area is 113 Å². The van der Waals surface area contributed by atoms with Crippen LogP contribution in [0.5, 0.6) is 0 Å². The van der Waals surface area contributed by atoms with Crippen LogP contribution in [0.4, 0.5) is 0 Å². The largest absolute Gasteiger partial charge is 0.375 e. The molecule has 1 rings (SSSR count). The molecule has 0 atom stereocenters. The predicted octanol–water partition coefficient (Wildman–Crippen LogP) is 2.79. The van der Waals surface area contributed by atoms with Crippen molar-refractivity contribution in [3.05, 3.63) is 0 Å². The van der Waals surface area contributed by atoms with Gasteiger partial charge in [0.1, 0.15) is 0 Å². The first-order valence-corrected chi connectivity index (χ1v) is 7.61. The molecule has 0 aromatic rings. The molecule has 0 heterocycles. The fraction of sp³-hybridized carbons (Fsp3) is 1.00. The molecule has 1 saturated carbocycles. The quantitative estimate of drug-likeness (QED) is 0.761. The molecule has 3 heteroatoms. The van der Waals surface area contributed by atoms with Gasteiger partial charge in [-0.1, -0.05) is 19.3 Å². The van der Waals surface area contributed by atoms with E-state index in [1.54, 1.807) is 0 Å². The maximum absolute atomic E-state index is 5.86. The lowest BCUT2D eigenvalue weighted by Gasteiger charge is -2.35. The Hall–Kier alpha value is -0.120. The van der Waals surface area contributed by atoms with E-state index in [9.17, 15) is 0 Å². The third kappa shape index (κ3) is 6.72. The zero-order chi connectivity index (χ0) is 13.4. The molecule has 0 amide bonds. The molecule has 0 radical (unpaired) electrons. The lowest BCUT2D eigenvalue weighted by molar-refractivity contribution is -0.0197. The molecule has 0 aromatic heterocycles. The third-order valence-electron chi connectivity index (χ3n) is 3.65. The Morgan fingerprint density at radius 2 is 1.78 bits per heavy atom. The molecule has 0 unspecified atom stereocenters. The Balaban J connectivity index is 2.34. The van der Waals surface area contributed by atoms with Gasteiger partial charge in [-0.25, -0.2) is 0 Å². The number of ether oxygens (including phenoxy) is 1. The molecule has 1 aliphatic carbocycles. The van der Waals surface area contributed by atoms with Crippen molar-refractivity contribution in [2.75, 3.05) is 26.2 Å². The second-order valence-electron chi connectivity index (χ2n) is 6.43. The van der Waals surface area contributed by atoms with Gasteiger partial charge in [0.2, 0.25) is 0 Å². The first-order chi connectivity index (χ1) is 8.53. The van der Waals surface area contributed by atoms with E-state index in [0.29, 0.717) is 0 Å². The van der Waals surface area contributed by atoms with Crippen LogP contribution in [0.3, 0.4) is 0 Å². The molecule has 3 nitrogen and oxygen atoms in total. The SMILES string of the molecule is CC(C)(C)OCCN(CCCN)C1CCCCC1. The highest BCUT2D eigenvalue weighted by Gasteiger charge is 2.21. The summed E-state index contributed by atoms with van der Waals surface area (Å²) in [5.41, 5.74) is 5.62. The highest BCUT2D eigenvalue weighted by Crippen LogP contribution is 2.22. The predicted molar refractivity (Wildman–Crippen MR) is 77.8 cm³/mol. The number of hydrogen-bond acceptors (Lipinski definition) is 3. The smallest absolute Gasteiger partial charge is 0.0600 e. The Kier molecular flexibility index (Phi) is 7.20. The summed E-state index contributed by atoms with van der Waals surface area (Å²) in [6.07, 6.45) is 8.03. The molecule has 108 valence electrons. The summed E-state index contributed by atoms with van der Waals surface area (Å²) in [7, 11) is 0. The van der Waals surface area contributed by atoms with Gasteiger partial charge in [0.25, 0.3) is 0 Å². The first-order valence-electron chi connectivity index (χ1n) is 7.61. The van der Waals surface area contributed by atoms with E-state index in [0.717, 1.165) is 38.7 Å². The van der Waals surface area contributed by atoms with Gasteiger partial charge in [0.15, 0.2) is 0 Å². The van der Waals surface area contributed by atoms with Crippen molar-refractivity contribution in [3.8, 4) is 0 Å². The minimum atomic E-state index is -0.0217. The summed E-state index contributed by atoms with van der Waals surface area (Å²) in [5, 5.41) is 0. The Morgan fingerprint density at radius 3 is 2.33 bits per heavy atom. The lowest BCUT2D eigenvalue weighted by Crippen LogP contribution is -2.41. The molecule has 0 aromatic carbocycles. The van der Waals surface area contributed by atoms with E-state index in [4.69, 9.17) is 10.5 Å². The van der Waals surface area contributed by atoms with Gasteiger partial charge in [0, 0.05) is 12.6 Å². The third-order valence-corrected chi connectivity index (χ3v) is 3.65. The maximum Gasteiger partial charge on any atom is 0.0600 e. The van der Waals surface area contributed by atoms with E-state index in [1.165, 1.54) is 32.1 Å². The topological polar surface area (TPSA) is 38.5 Å². The molecule has 0 bridgehead atoms. The molecule has 0 saturated heterocycles. The summed E-state index contributed by atoms with van der Waals surface area (Å²) in [6.45, 7) is 10.2. The van der Waals surface area contributed by atoms with Crippen molar-refractivity contribution in [1.29, 1.82) is 0 Å². The maximum atomic E-state index is 5.86. The number of nitrogens with zero attached hydrogens (tertiary/aromatic N) is 1. The summed E-state index contributed by atoms with van der Waals surface area (Å²) >= 11 is 0. The van der Waals surface area contributed by atoms with Crippen LogP contribution < -0.4 is 5.73 Å². The highest BCUT2D eigenvalue weighted by atomic mass is 16.5. The van der Waals surface area contributed by atoms with Crippen LogP contribution in [-0.2, 0) is 4.74 Å². The summed E-state index contributed by atoms with van der Waals surface area (Å²) in [6, 6.07) is 0.772. The molecule has 18 heavy (non-hydrogen) atoms. The van der Waals surface area contributed by atoms with Gasteiger partial charge in [-0.15, -0.1) is 0 Å². The van der Waals surface area contributed by atoms with Gasteiger partial charge in [0.05, 0.1) is 12.2 Å². The van der Waals surface area contributed by atoms with Crippen LogP contribution in [0.25, 0.3) is 0 Å². The first kappa shape index (κ1) is 15.9. The van der Waals surface area contributed by atoms with Gasteiger partial charge < -0.3 is 10.5 Å². The van der Waals surface area contributed by atoms with Crippen LogP contribution in [0.1, 0.15) is 59.3 Å². The van der Waals surface area contributed by atoms with E-state index in [1.807, 2.05) is 0 Å². The zero-order valence-corrected chi connectivity index (χ0v) is 12.6. The Morgan fingerprint density at radius 1 is 1.11 bits per heavy atom. The fourth-order valence-electron chi connectivity index (χ4n) is 2.69. The average molecular weight is 256 g/mol. The summed E-state index contributed by atoms with van der Waals surface area (Å²) in [4.78, 5) is 2.61. The molecule has 0 aliphatic heterocycles. The highest BCUT2D eigenvalue weighted by molar-refractivity contribution is 4.76. The minimum Gasteiger partial charge on any atom is -0.375 e. The monoisotopic (exact) mass is 256 g/mol. The van der Waals surface area contributed by atoms with E-state index >= 15 is 0 Å². The van der Waals surface area contributed by atoms with E-state index in [-0.39, 0.29) is 5.60 Å². The standard InChI is InChI=1S/C15H32N2O/c1-15(2,3)18-13-12-17(11-7-10-16)14-8-5-4-6-9-14/h14H,4-13,16H2,1-3H3. The fourth-order valence-corrected chi connectivity index (χ4v) is 2.69.